The molecule has 0 saturated heterocycles. The molecule has 0 radical (unpaired) electrons. The van der Waals surface area contributed by atoms with Crippen molar-refractivity contribution in [2.75, 3.05) is 0 Å². The van der Waals surface area contributed by atoms with Crippen molar-refractivity contribution in [2.45, 2.75) is 0 Å². The minimum absolute atomic E-state index is 0.764. The molecule has 0 aliphatic carbocycles. The molecule has 2 aromatic heterocycles. The topological polar surface area (TPSA) is 43.1 Å². The van der Waals surface area contributed by atoms with Crippen LogP contribution in [0.1, 0.15) is 0 Å². The zero-order valence-corrected chi connectivity index (χ0v) is 8.64. The fourth-order valence-electron chi connectivity index (χ4n) is 1.45. The van der Waals surface area contributed by atoms with E-state index in [0.29, 0.717) is 0 Å². The molecule has 2 heterocycles. The van der Waals surface area contributed by atoms with Gasteiger partial charge >= 0.3 is 0 Å². The molecular formula is C9H5BrN4. The normalized spacial score (nSPS) is 11.2. The third kappa shape index (κ3) is 1.02. The number of nitrogens with zero attached hydrogens (tertiary/aromatic N) is 4. The summed E-state index contributed by atoms with van der Waals surface area (Å²) in [6, 6.07) is 5.93. The molecule has 0 aliphatic heterocycles. The van der Waals surface area contributed by atoms with Crippen molar-refractivity contribution in [1.82, 2.24) is 19.6 Å². The molecule has 0 fully saturated rings. The van der Waals surface area contributed by atoms with Gasteiger partial charge in [-0.05, 0) is 18.2 Å². The summed E-state index contributed by atoms with van der Waals surface area (Å²) in [6.07, 6.45) is 3.40. The van der Waals surface area contributed by atoms with Crippen LogP contribution in [0.25, 0.3) is 16.7 Å². The van der Waals surface area contributed by atoms with Crippen LogP contribution in [-0.2, 0) is 0 Å². The minimum Gasteiger partial charge on any atom is -0.279 e. The van der Waals surface area contributed by atoms with Gasteiger partial charge in [-0.3, -0.25) is 9.38 Å². The van der Waals surface area contributed by atoms with Crippen LogP contribution in [-0.4, -0.2) is 19.6 Å². The maximum absolute atomic E-state index is 4.29. The van der Waals surface area contributed by atoms with Crippen LogP contribution >= 0.6 is 15.9 Å². The van der Waals surface area contributed by atoms with Gasteiger partial charge in [0.1, 0.15) is 6.33 Å². The van der Waals surface area contributed by atoms with E-state index in [9.17, 15) is 0 Å². The van der Waals surface area contributed by atoms with E-state index >= 15 is 0 Å². The molecule has 0 atom stereocenters. The number of hydrogen-bond donors (Lipinski definition) is 0. The molecule has 0 amide bonds. The highest BCUT2D eigenvalue weighted by atomic mass is 79.9. The lowest BCUT2D eigenvalue weighted by molar-refractivity contribution is 1.11. The molecule has 14 heavy (non-hydrogen) atoms. The first-order valence-corrected chi connectivity index (χ1v) is 4.88. The van der Waals surface area contributed by atoms with Crippen molar-refractivity contribution in [1.29, 1.82) is 0 Å². The predicted molar refractivity (Wildman–Crippen MR) is 56.0 cm³/mol. The maximum atomic E-state index is 4.29. The lowest BCUT2D eigenvalue weighted by atomic mass is 10.3. The van der Waals surface area contributed by atoms with Gasteiger partial charge in [0, 0.05) is 4.47 Å². The molecule has 4 nitrogen and oxygen atoms in total. The SMILES string of the molecule is Brc1ccc2c(c1)ncc1nncn12. The van der Waals surface area contributed by atoms with E-state index in [4.69, 9.17) is 0 Å². The van der Waals surface area contributed by atoms with Crippen LogP contribution in [0.4, 0.5) is 0 Å². The Hall–Kier alpha value is -1.49. The van der Waals surface area contributed by atoms with Crippen LogP contribution in [0.3, 0.4) is 0 Å². The average Bonchev–Trinajstić information content (AvgIpc) is 2.65. The number of hydrogen-bond acceptors (Lipinski definition) is 3. The second-order valence-electron chi connectivity index (χ2n) is 2.95. The Balaban J connectivity index is 2.57. The number of rotatable bonds is 0. The molecular weight excluding hydrogens is 244 g/mol. The highest BCUT2D eigenvalue weighted by molar-refractivity contribution is 9.10. The van der Waals surface area contributed by atoms with Gasteiger partial charge in [-0.2, -0.15) is 0 Å². The van der Waals surface area contributed by atoms with Crippen LogP contribution in [0.2, 0.25) is 0 Å². The van der Waals surface area contributed by atoms with E-state index in [-0.39, 0.29) is 0 Å². The van der Waals surface area contributed by atoms with Gasteiger partial charge < -0.3 is 0 Å². The molecule has 3 aromatic rings. The first-order valence-electron chi connectivity index (χ1n) is 4.08. The van der Waals surface area contributed by atoms with E-state index < -0.39 is 0 Å². The van der Waals surface area contributed by atoms with Crippen LogP contribution in [0, 0.1) is 0 Å². The van der Waals surface area contributed by atoms with Gasteiger partial charge in [0.25, 0.3) is 0 Å². The highest BCUT2D eigenvalue weighted by Gasteiger charge is 2.01. The average molecular weight is 249 g/mol. The molecule has 0 bridgehead atoms. The highest BCUT2D eigenvalue weighted by Crippen LogP contribution is 2.18. The van der Waals surface area contributed by atoms with Gasteiger partial charge in [0.05, 0.1) is 17.2 Å². The van der Waals surface area contributed by atoms with Crippen molar-refractivity contribution in [3.63, 3.8) is 0 Å². The summed E-state index contributed by atoms with van der Waals surface area (Å²) >= 11 is 3.41. The summed E-state index contributed by atoms with van der Waals surface area (Å²) < 4.78 is 2.93. The number of fused-ring (bicyclic) bond motifs is 3. The van der Waals surface area contributed by atoms with Crippen molar-refractivity contribution in [3.05, 3.63) is 35.2 Å². The Morgan fingerprint density at radius 2 is 2.21 bits per heavy atom. The minimum atomic E-state index is 0.764. The quantitative estimate of drug-likeness (QED) is 0.612. The molecule has 0 unspecified atom stereocenters. The number of halogens is 1. The number of benzene rings is 1. The summed E-state index contributed by atoms with van der Waals surface area (Å²) in [6.45, 7) is 0. The summed E-state index contributed by atoms with van der Waals surface area (Å²) in [7, 11) is 0. The van der Waals surface area contributed by atoms with Crippen LogP contribution in [0.5, 0.6) is 0 Å². The molecule has 0 N–H and O–H groups in total. The zero-order chi connectivity index (χ0) is 9.54. The Morgan fingerprint density at radius 3 is 3.14 bits per heavy atom. The van der Waals surface area contributed by atoms with Gasteiger partial charge in [-0.1, -0.05) is 15.9 Å². The summed E-state index contributed by atoms with van der Waals surface area (Å²) in [5, 5.41) is 7.77. The van der Waals surface area contributed by atoms with E-state index in [1.54, 1.807) is 12.5 Å². The van der Waals surface area contributed by atoms with E-state index in [1.165, 1.54) is 0 Å². The van der Waals surface area contributed by atoms with Crippen LogP contribution in [0.15, 0.2) is 35.2 Å². The monoisotopic (exact) mass is 248 g/mol. The Bertz CT molecular complexity index is 616. The smallest absolute Gasteiger partial charge is 0.179 e. The standard InChI is InChI=1S/C9H5BrN4/c10-6-1-2-8-7(3-6)11-4-9-13-12-5-14(8)9/h1-5H. The third-order valence-electron chi connectivity index (χ3n) is 2.09. The lowest BCUT2D eigenvalue weighted by Crippen LogP contribution is -1.89. The molecule has 0 aliphatic rings. The van der Waals surface area contributed by atoms with Gasteiger partial charge in [0.2, 0.25) is 0 Å². The van der Waals surface area contributed by atoms with Crippen molar-refractivity contribution < 1.29 is 0 Å². The Kier molecular flexibility index (Phi) is 1.55. The van der Waals surface area contributed by atoms with Crippen molar-refractivity contribution in [3.8, 4) is 0 Å². The van der Waals surface area contributed by atoms with Crippen molar-refractivity contribution >= 4 is 32.6 Å². The second kappa shape index (κ2) is 2.75. The van der Waals surface area contributed by atoms with Gasteiger partial charge in [-0.25, -0.2) is 0 Å². The molecule has 3 rings (SSSR count). The zero-order valence-electron chi connectivity index (χ0n) is 7.05. The molecule has 68 valence electrons. The predicted octanol–water partition coefficient (Wildman–Crippen LogP) is 2.04. The summed E-state index contributed by atoms with van der Waals surface area (Å²) in [5.74, 6) is 0. The number of aromatic nitrogens is 4. The fraction of sp³-hybridized carbons (Fsp3) is 0. The third-order valence-corrected chi connectivity index (χ3v) is 2.58. The largest absolute Gasteiger partial charge is 0.279 e. The Labute approximate surface area is 87.7 Å². The second-order valence-corrected chi connectivity index (χ2v) is 3.87. The molecule has 0 saturated carbocycles. The van der Waals surface area contributed by atoms with E-state index in [0.717, 1.165) is 21.2 Å². The van der Waals surface area contributed by atoms with E-state index in [2.05, 4.69) is 31.1 Å². The van der Waals surface area contributed by atoms with Crippen LogP contribution < -0.4 is 0 Å². The van der Waals surface area contributed by atoms with Gasteiger partial charge in [0.15, 0.2) is 5.65 Å². The van der Waals surface area contributed by atoms with E-state index in [1.807, 2.05) is 22.6 Å². The maximum Gasteiger partial charge on any atom is 0.179 e. The fourth-order valence-corrected chi connectivity index (χ4v) is 1.80. The molecule has 5 heteroatoms. The molecule has 1 aromatic carbocycles. The Morgan fingerprint density at radius 1 is 1.29 bits per heavy atom. The molecule has 0 spiro atoms. The summed E-state index contributed by atoms with van der Waals surface area (Å²) in [4.78, 5) is 4.29. The van der Waals surface area contributed by atoms with Gasteiger partial charge in [-0.15, -0.1) is 10.2 Å². The first kappa shape index (κ1) is 7.87. The van der Waals surface area contributed by atoms with Crippen molar-refractivity contribution in [2.24, 2.45) is 0 Å². The lowest BCUT2D eigenvalue weighted by Gasteiger charge is -1.99. The summed E-state index contributed by atoms with van der Waals surface area (Å²) in [5.41, 5.74) is 2.70. The first-order chi connectivity index (χ1) is 6.84.